The van der Waals surface area contributed by atoms with E-state index in [1.165, 1.54) is 11.3 Å². The van der Waals surface area contributed by atoms with E-state index >= 15 is 0 Å². The van der Waals surface area contributed by atoms with E-state index in [1.54, 1.807) is 17.4 Å². The lowest BCUT2D eigenvalue weighted by Crippen LogP contribution is -1.81. The molecule has 0 fully saturated rings. The van der Waals surface area contributed by atoms with Crippen LogP contribution in [0, 0.1) is 18.3 Å². The van der Waals surface area contributed by atoms with Crippen LogP contribution < -0.4 is 5.73 Å². The average molecular weight is 255 g/mol. The summed E-state index contributed by atoms with van der Waals surface area (Å²) >= 11 is 9.10. The van der Waals surface area contributed by atoms with Gasteiger partial charge in [0.15, 0.2) is 0 Å². The van der Waals surface area contributed by atoms with Gasteiger partial charge in [0.2, 0.25) is 0 Å². The van der Waals surface area contributed by atoms with Crippen molar-refractivity contribution in [3.8, 4) is 15.8 Å². The van der Waals surface area contributed by atoms with Crippen molar-refractivity contribution < 1.29 is 0 Å². The van der Waals surface area contributed by atoms with Gasteiger partial charge in [-0.15, -0.1) is 22.7 Å². The molecule has 2 rings (SSSR count). The standard InChI is InChI=1S/C10H7ClN2S2/c1-5-4-14-10(9(5)11)7-2-6(13)8(3-12)15-7/h2,4H,13H2,1H3. The molecule has 0 aliphatic heterocycles. The van der Waals surface area contributed by atoms with E-state index in [9.17, 15) is 0 Å². The lowest BCUT2D eigenvalue weighted by molar-refractivity contribution is 1.52. The van der Waals surface area contributed by atoms with Gasteiger partial charge in [-0.3, -0.25) is 0 Å². The molecule has 0 saturated heterocycles. The second kappa shape index (κ2) is 3.86. The zero-order valence-electron chi connectivity index (χ0n) is 7.87. The van der Waals surface area contributed by atoms with Gasteiger partial charge in [0, 0.05) is 4.88 Å². The third-order valence-corrected chi connectivity index (χ3v) is 4.92. The summed E-state index contributed by atoms with van der Waals surface area (Å²) in [4.78, 5) is 2.51. The van der Waals surface area contributed by atoms with Gasteiger partial charge >= 0.3 is 0 Å². The van der Waals surface area contributed by atoms with E-state index in [0.717, 1.165) is 20.3 Å². The molecule has 0 amide bonds. The summed E-state index contributed by atoms with van der Waals surface area (Å²) in [5, 5.41) is 11.6. The van der Waals surface area contributed by atoms with Crippen LogP contribution in [-0.2, 0) is 0 Å². The maximum atomic E-state index is 8.80. The molecule has 0 atom stereocenters. The molecule has 0 spiro atoms. The van der Waals surface area contributed by atoms with Crippen LogP contribution in [0.4, 0.5) is 5.69 Å². The first-order chi connectivity index (χ1) is 7.13. The molecule has 0 unspecified atom stereocenters. The van der Waals surface area contributed by atoms with Crippen molar-refractivity contribution >= 4 is 40.0 Å². The molecule has 0 saturated carbocycles. The zero-order valence-corrected chi connectivity index (χ0v) is 10.3. The fraction of sp³-hybridized carbons (Fsp3) is 0.100. The Kier molecular flexibility index (Phi) is 2.70. The predicted molar refractivity (Wildman–Crippen MR) is 66.5 cm³/mol. The van der Waals surface area contributed by atoms with Crippen LogP contribution in [0.2, 0.25) is 5.02 Å². The molecule has 15 heavy (non-hydrogen) atoms. The molecule has 2 N–H and O–H groups in total. The Hall–Kier alpha value is -1.02. The number of thiophene rings is 2. The second-order valence-electron chi connectivity index (χ2n) is 3.07. The zero-order chi connectivity index (χ0) is 11.0. The summed E-state index contributed by atoms with van der Waals surface area (Å²) < 4.78 is 0. The van der Waals surface area contributed by atoms with Crippen LogP contribution >= 0.6 is 34.3 Å². The first-order valence-corrected chi connectivity index (χ1v) is 6.24. The number of anilines is 1. The van der Waals surface area contributed by atoms with Gasteiger partial charge in [-0.2, -0.15) is 5.26 Å². The minimum Gasteiger partial charge on any atom is -0.397 e. The Balaban J connectivity index is 2.56. The van der Waals surface area contributed by atoms with Crippen LogP contribution in [0.5, 0.6) is 0 Å². The number of nitrogens with two attached hydrogens (primary N) is 1. The number of nitrogens with zero attached hydrogens (tertiary/aromatic N) is 1. The number of nitriles is 1. The van der Waals surface area contributed by atoms with Crippen molar-refractivity contribution in [1.29, 1.82) is 5.26 Å². The Morgan fingerprint density at radius 3 is 2.73 bits per heavy atom. The number of hydrogen-bond donors (Lipinski definition) is 1. The summed E-state index contributed by atoms with van der Waals surface area (Å²) in [5.74, 6) is 0. The fourth-order valence-corrected chi connectivity index (χ4v) is 3.56. The first-order valence-electron chi connectivity index (χ1n) is 4.17. The van der Waals surface area contributed by atoms with Crippen molar-refractivity contribution in [2.75, 3.05) is 5.73 Å². The second-order valence-corrected chi connectivity index (χ2v) is 5.38. The highest BCUT2D eigenvalue weighted by Gasteiger charge is 2.13. The van der Waals surface area contributed by atoms with Crippen molar-refractivity contribution in [3.63, 3.8) is 0 Å². The van der Waals surface area contributed by atoms with Crippen molar-refractivity contribution in [2.45, 2.75) is 6.92 Å². The maximum Gasteiger partial charge on any atom is 0.128 e. The molecular weight excluding hydrogens is 248 g/mol. The molecule has 0 bridgehead atoms. The highest BCUT2D eigenvalue weighted by Crippen LogP contribution is 2.41. The lowest BCUT2D eigenvalue weighted by atomic mass is 10.3. The number of rotatable bonds is 1. The summed E-state index contributed by atoms with van der Waals surface area (Å²) in [6, 6.07) is 3.87. The molecule has 0 aromatic carbocycles. The third-order valence-electron chi connectivity index (χ3n) is 1.99. The molecule has 0 aliphatic carbocycles. The van der Waals surface area contributed by atoms with E-state index in [2.05, 4.69) is 6.07 Å². The average Bonchev–Trinajstić information content (AvgIpc) is 2.72. The van der Waals surface area contributed by atoms with Gasteiger partial charge < -0.3 is 5.73 Å². The summed E-state index contributed by atoms with van der Waals surface area (Å²) in [6.45, 7) is 1.96. The highest BCUT2D eigenvalue weighted by atomic mass is 35.5. The molecule has 2 aromatic rings. The van der Waals surface area contributed by atoms with Gasteiger partial charge in [0.1, 0.15) is 10.9 Å². The fourth-order valence-electron chi connectivity index (χ4n) is 1.20. The SMILES string of the molecule is Cc1csc(-c2cc(N)c(C#N)s2)c1Cl. The Bertz CT molecular complexity index is 548. The maximum absolute atomic E-state index is 8.80. The number of halogens is 1. The van der Waals surface area contributed by atoms with E-state index in [4.69, 9.17) is 22.6 Å². The topological polar surface area (TPSA) is 49.8 Å². The van der Waals surface area contributed by atoms with Gasteiger partial charge in [0.05, 0.1) is 15.6 Å². The predicted octanol–water partition coefficient (Wildman–Crippen LogP) is 3.89. The molecule has 2 heterocycles. The van der Waals surface area contributed by atoms with Gasteiger partial charge in [0.25, 0.3) is 0 Å². The van der Waals surface area contributed by atoms with Crippen LogP contribution in [0.1, 0.15) is 10.4 Å². The minimum atomic E-state index is 0.527. The van der Waals surface area contributed by atoms with Crippen molar-refractivity contribution in [1.82, 2.24) is 0 Å². The van der Waals surface area contributed by atoms with E-state index < -0.39 is 0 Å². The Morgan fingerprint density at radius 1 is 1.53 bits per heavy atom. The first kappa shape index (κ1) is 10.5. The molecule has 2 aromatic heterocycles. The van der Waals surface area contributed by atoms with E-state index in [-0.39, 0.29) is 0 Å². The normalized spacial score (nSPS) is 10.2. The molecule has 0 radical (unpaired) electrons. The molecule has 5 heteroatoms. The van der Waals surface area contributed by atoms with Crippen molar-refractivity contribution in [2.24, 2.45) is 0 Å². The van der Waals surface area contributed by atoms with Gasteiger partial charge in [-0.1, -0.05) is 11.6 Å². The number of hydrogen-bond acceptors (Lipinski definition) is 4. The highest BCUT2D eigenvalue weighted by molar-refractivity contribution is 7.22. The van der Waals surface area contributed by atoms with Crippen LogP contribution in [0.15, 0.2) is 11.4 Å². The summed E-state index contributed by atoms with van der Waals surface area (Å²) in [6.07, 6.45) is 0. The number of aryl methyl sites for hydroxylation is 1. The largest absolute Gasteiger partial charge is 0.397 e. The van der Waals surface area contributed by atoms with Crippen LogP contribution in [-0.4, -0.2) is 0 Å². The smallest absolute Gasteiger partial charge is 0.128 e. The van der Waals surface area contributed by atoms with E-state index in [1.807, 2.05) is 12.3 Å². The van der Waals surface area contributed by atoms with Crippen molar-refractivity contribution in [3.05, 3.63) is 26.9 Å². The van der Waals surface area contributed by atoms with Crippen LogP contribution in [0.3, 0.4) is 0 Å². The quantitative estimate of drug-likeness (QED) is 0.839. The summed E-state index contributed by atoms with van der Waals surface area (Å²) in [5.41, 5.74) is 7.28. The van der Waals surface area contributed by atoms with E-state index in [0.29, 0.717) is 10.6 Å². The van der Waals surface area contributed by atoms with Gasteiger partial charge in [-0.05, 0) is 23.9 Å². The number of nitrogen functional groups attached to an aromatic ring is 1. The Morgan fingerprint density at radius 2 is 2.27 bits per heavy atom. The molecule has 0 aliphatic rings. The Labute approximate surface area is 101 Å². The molecule has 76 valence electrons. The molecule has 2 nitrogen and oxygen atoms in total. The summed E-state index contributed by atoms with van der Waals surface area (Å²) in [7, 11) is 0. The minimum absolute atomic E-state index is 0.527. The monoisotopic (exact) mass is 254 g/mol. The van der Waals surface area contributed by atoms with Gasteiger partial charge in [-0.25, -0.2) is 0 Å². The lowest BCUT2D eigenvalue weighted by Gasteiger charge is -1.92. The third kappa shape index (κ3) is 1.74. The van der Waals surface area contributed by atoms with Crippen LogP contribution in [0.25, 0.3) is 9.75 Å². The molecular formula is C10H7ClN2S2.